The Kier molecular flexibility index (Phi) is 4.52. The highest BCUT2D eigenvalue weighted by molar-refractivity contribution is 5.76. The number of nitrogens with one attached hydrogen (secondary N) is 1. The lowest BCUT2D eigenvalue weighted by Gasteiger charge is -2.11. The van der Waals surface area contributed by atoms with Gasteiger partial charge in [0.2, 0.25) is 5.91 Å². The van der Waals surface area contributed by atoms with Gasteiger partial charge in [0, 0.05) is 38.6 Å². The summed E-state index contributed by atoms with van der Waals surface area (Å²) in [6, 6.07) is 7.97. The molecular weight excluding hydrogens is 290 g/mol. The van der Waals surface area contributed by atoms with E-state index in [2.05, 4.69) is 15.4 Å². The first-order chi connectivity index (χ1) is 11.2. The van der Waals surface area contributed by atoms with Crippen molar-refractivity contribution in [1.29, 1.82) is 0 Å². The van der Waals surface area contributed by atoms with Crippen LogP contribution in [0.1, 0.15) is 17.5 Å². The van der Waals surface area contributed by atoms with Gasteiger partial charge in [0.05, 0.1) is 18.2 Å². The van der Waals surface area contributed by atoms with Crippen LogP contribution in [-0.4, -0.2) is 25.2 Å². The first-order valence-corrected chi connectivity index (χ1v) is 7.53. The summed E-state index contributed by atoms with van der Waals surface area (Å²) in [5, 5.41) is 7.08. The molecule has 0 atom stereocenters. The van der Waals surface area contributed by atoms with Gasteiger partial charge in [-0.15, -0.1) is 0 Å². The van der Waals surface area contributed by atoms with Crippen LogP contribution < -0.4 is 5.32 Å². The van der Waals surface area contributed by atoms with E-state index in [-0.39, 0.29) is 5.91 Å². The highest BCUT2D eigenvalue weighted by Gasteiger charge is 2.07. The zero-order chi connectivity index (χ0) is 16.1. The van der Waals surface area contributed by atoms with Gasteiger partial charge in [-0.25, -0.2) is 4.98 Å². The minimum Gasteiger partial charge on any atom is -0.352 e. The second-order valence-corrected chi connectivity index (χ2v) is 5.40. The highest BCUT2D eigenvalue weighted by atomic mass is 16.1. The Morgan fingerprint density at radius 3 is 2.91 bits per heavy atom. The Morgan fingerprint density at radius 1 is 1.30 bits per heavy atom. The molecule has 1 aromatic carbocycles. The summed E-state index contributed by atoms with van der Waals surface area (Å²) in [7, 11) is 1.87. The maximum atomic E-state index is 12.0. The molecule has 0 spiro atoms. The van der Waals surface area contributed by atoms with E-state index in [1.165, 1.54) is 0 Å². The summed E-state index contributed by atoms with van der Waals surface area (Å²) >= 11 is 0. The average Bonchev–Trinajstić information content (AvgIpc) is 3.23. The molecule has 2 aromatic heterocycles. The molecule has 0 bridgehead atoms. The molecule has 118 valence electrons. The second-order valence-electron chi connectivity index (χ2n) is 5.40. The molecule has 3 aromatic rings. The van der Waals surface area contributed by atoms with Crippen LogP contribution in [0.25, 0.3) is 5.69 Å². The van der Waals surface area contributed by atoms with Gasteiger partial charge in [0.25, 0.3) is 0 Å². The van der Waals surface area contributed by atoms with Gasteiger partial charge < -0.3 is 9.88 Å². The third-order valence-corrected chi connectivity index (χ3v) is 3.65. The summed E-state index contributed by atoms with van der Waals surface area (Å²) in [6.45, 7) is 0.500. The highest BCUT2D eigenvalue weighted by Crippen LogP contribution is 2.13. The number of aryl methyl sites for hydroxylation is 2. The molecule has 0 radical (unpaired) electrons. The van der Waals surface area contributed by atoms with Crippen LogP contribution in [0, 0.1) is 0 Å². The zero-order valence-corrected chi connectivity index (χ0v) is 13.0. The van der Waals surface area contributed by atoms with Crippen molar-refractivity contribution < 1.29 is 4.79 Å². The lowest BCUT2D eigenvalue weighted by atomic mass is 10.1. The minimum absolute atomic E-state index is 0.0364. The number of rotatable bonds is 6. The fourth-order valence-corrected chi connectivity index (χ4v) is 2.45. The van der Waals surface area contributed by atoms with Crippen LogP contribution in [0.15, 0.2) is 55.4 Å². The molecule has 23 heavy (non-hydrogen) atoms. The lowest BCUT2D eigenvalue weighted by Crippen LogP contribution is -2.23. The van der Waals surface area contributed by atoms with Crippen LogP contribution >= 0.6 is 0 Å². The number of hydrogen-bond acceptors (Lipinski definition) is 3. The third-order valence-electron chi connectivity index (χ3n) is 3.65. The zero-order valence-electron chi connectivity index (χ0n) is 13.0. The Morgan fingerprint density at radius 2 is 2.17 bits per heavy atom. The van der Waals surface area contributed by atoms with Crippen molar-refractivity contribution in [1.82, 2.24) is 24.6 Å². The predicted molar refractivity (Wildman–Crippen MR) is 86.9 cm³/mol. The number of amides is 1. The summed E-state index contributed by atoms with van der Waals surface area (Å²) in [5.41, 5.74) is 3.15. The van der Waals surface area contributed by atoms with Gasteiger partial charge >= 0.3 is 0 Å². The Bertz CT molecular complexity index is 776. The number of carbonyl (C=O) groups is 1. The van der Waals surface area contributed by atoms with Crippen molar-refractivity contribution in [3.8, 4) is 5.69 Å². The number of benzene rings is 1. The molecule has 0 aliphatic rings. The number of hydrogen-bond donors (Lipinski definition) is 1. The smallest absolute Gasteiger partial charge is 0.220 e. The van der Waals surface area contributed by atoms with Crippen molar-refractivity contribution in [2.75, 3.05) is 0 Å². The van der Waals surface area contributed by atoms with Crippen LogP contribution in [0.3, 0.4) is 0 Å². The standard InChI is InChI=1S/C17H19N5O/c1-21-12-14(10-20-21)6-7-17(23)19-11-15-4-2-3-5-16(15)22-9-8-18-13-22/h2-5,8-10,12-13H,6-7,11H2,1H3,(H,19,23). The minimum atomic E-state index is 0.0364. The van der Waals surface area contributed by atoms with Crippen molar-refractivity contribution >= 4 is 5.91 Å². The number of imidazole rings is 1. The molecule has 0 unspecified atom stereocenters. The van der Waals surface area contributed by atoms with Gasteiger partial charge in [-0.05, 0) is 23.6 Å². The van der Waals surface area contributed by atoms with Gasteiger partial charge in [-0.3, -0.25) is 9.48 Å². The van der Waals surface area contributed by atoms with Gasteiger partial charge in [0.1, 0.15) is 0 Å². The number of nitrogens with zero attached hydrogens (tertiary/aromatic N) is 4. The SMILES string of the molecule is Cn1cc(CCC(=O)NCc2ccccc2-n2ccnc2)cn1. The van der Waals surface area contributed by atoms with Crippen molar-refractivity contribution in [3.05, 3.63) is 66.5 Å². The quantitative estimate of drug-likeness (QED) is 0.756. The molecule has 3 rings (SSSR count). The molecule has 1 amide bonds. The molecule has 1 N–H and O–H groups in total. The molecule has 0 saturated heterocycles. The summed E-state index contributed by atoms with van der Waals surface area (Å²) in [5.74, 6) is 0.0364. The van der Waals surface area contributed by atoms with E-state index in [1.54, 1.807) is 23.4 Å². The molecule has 6 heteroatoms. The van der Waals surface area contributed by atoms with E-state index in [4.69, 9.17) is 0 Å². The lowest BCUT2D eigenvalue weighted by molar-refractivity contribution is -0.121. The fraction of sp³-hybridized carbons (Fsp3) is 0.235. The molecule has 6 nitrogen and oxygen atoms in total. The van der Waals surface area contributed by atoms with Crippen LogP contribution in [0.4, 0.5) is 0 Å². The average molecular weight is 309 g/mol. The van der Waals surface area contributed by atoms with E-state index >= 15 is 0 Å². The normalized spacial score (nSPS) is 10.7. The van der Waals surface area contributed by atoms with E-state index in [0.29, 0.717) is 19.4 Å². The Labute approximate surface area is 134 Å². The fourth-order valence-electron chi connectivity index (χ4n) is 2.45. The molecular formula is C17H19N5O. The van der Waals surface area contributed by atoms with E-state index in [1.807, 2.05) is 48.3 Å². The number of carbonyl (C=O) groups excluding carboxylic acids is 1. The van der Waals surface area contributed by atoms with Crippen LogP contribution in [0.2, 0.25) is 0 Å². The molecule has 2 heterocycles. The second kappa shape index (κ2) is 6.91. The summed E-state index contributed by atoms with van der Waals surface area (Å²) in [6.07, 6.45) is 10.3. The van der Waals surface area contributed by atoms with Crippen LogP contribution in [0.5, 0.6) is 0 Å². The van der Waals surface area contributed by atoms with E-state index in [9.17, 15) is 4.79 Å². The van der Waals surface area contributed by atoms with Gasteiger partial charge in [0.15, 0.2) is 0 Å². The van der Waals surface area contributed by atoms with Crippen molar-refractivity contribution in [2.45, 2.75) is 19.4 Å². The van der Waals surface area contributed by atoms with Gasteiger partial charge in [-0.2, -0.15) is 5.10 Å². The van der Waals surface area contributed by atoms with Crippen LogP contribution in [-0.2, 0) is 24.8 Å². The molecule has 0 aliphatic carbocycles. The summed E-state index contributed by atoms with van der Waals surface area (Å²) < 4.78 is 3.69. The van der Waals surface area contributed by atoms with E-state index < -0.39 is 0 Å². The summed E-state index contributed by atoms with van der Waals surface area (Å²) in [4.78, 5) is 16.1. The first-order valence-electron chi connectivity index (χ1n) is 7.53. The van der Waals surface area contributed by atoms with Gasteiger partial charge in [-0.1, -0.05) is 18.2 Å². The first kappa shape index (κ1) is 15.0. The molecule has 0 saturated carbocycles. The topological polar surface area (TPSA) is 64.7 Å². The monoisotopic (exact) mass is 309 g/mol. The van der Waals surface area contributed by atoms with Crippen molar-refractivity contribution in [2.24, 2.45) is 7.05 Å². The number of aromatic nitrogens is 4. The van der Waals surface area contributed by atoms with Crippen molar-refractivity contribution in [3.63, 3.8) is 0 Å². The maximum Gasteiger partial charge on any atom is 0.220 e. The predicted octanol–water partition coefficient (Wildman–Crippen LogP) is 1.85. The van der Waals surface area contributed by atoms with E-state index in [0.717, 1.165) is 16.8 Å². The Balaban J connectivity index is 1.57. The third kappa shape index (κ3) is 3.85. The number of para-hydroxylation sites is 1. The Hall–Kier alpha value is -2.89. The molecule has 0 fully saturated rings. The largest absolute Gasteiger partial charge is 0.352 e. The maximum absolute atomic E-state index is 12.0. The molecule has 0 aliphatic heterocycles.